The number of amides is 3. The van der Waals surface area contributed by atoms with Gasteiger partial charge in [0.05, 0.1) is 11.3 Å². The van der Waals surface area contributed by atoms with E-state index in [0.717, 1.165) is 19.6 Å². The lowest BCUT2D eigenvalue weighted by atomic mass is 10.1. The fourth-order valence-electron chi connectivity index (χ4n) is 4.03. The Bertz CT molecular complexity index is 1050. The van der Waals surface area contributed by atoms with Crippen LogP contribution in [0.4, 0.5) is 5.69 Å². The Labute approximate surface area is 198 Å². The van der Waals surface area contributed by atoms with Crippen LogP contribution in [0.2, 0.25) is 0 Å². The molecule has 2 aromatic rings. The zero-order valence-corrected chi connectivity index (χ0v) is 19.1. The van der Waals surface area contributed by atoms with Crippen molar-refractivity contribution >= 4 is 29.4 Å². The number of carbonyl (C=O) groups excluding carboxylic acids is 4. The number of hydrogen-bond acceptors (Lipinski definition) is 6. The molecule has 178 valence electrons. The summed E-state index contributed by atoms with van der Waals surface area (Å²) < 4.78 is 5.40. The van der Waals surface area contributed by atoms with E-state index in [0.29, 0.717) is 18.8 Å². The van der Waals surface area contributed by atoms with Crippen LogP contribution in [0, 0.1) is 0 Å². The largest absolute Gasteiger partial charge is 0.449 e. The molecule has 34 heavy (non-hydrogen) atoms. The Morgan fingerprint density at radius 2 is 1.62 bits per heavy atom. The van der Waals surface area contributed by atoms with Gasteiger partial charge in [-0.05, 0) is 36.8 Å². The summed E-state index contributed by atoms with van der Waals surface area (Å²) in [6.45, 7) is 5.10. The Kier molecular flexibility index (Phi) is 7.22. The molecular formula is C25H28N4O5. The van der Waals surface area contributed by atoms with Gasteiger partial charge in [0.1, 0.15) is 0 Å². The minimum Gasteiger partial charge on any atom is -0.449 e. The summed E-state index contributed by atoms with van der Waals surface area (Å²) in [5, 5.41) is 1.17. The van der Waals surface area contributed by atoms with Crippen molar-refractivity contribution in [3.8, 4) is 0 Å². The third-order valence-electron chi connectivity index (χ3n) is 5.98. The average Bonchev–Trinajstić information content (AvgIpc) is 2.86. The average molecular weight is 465 g/mol. The van der Waals surface area contributed by atoms with Crippen molar-refractivity contribution < 1.29 is 23.9 Å². The van der Waals surface area contributed by atoms with Gasteiger partial charge in [-0.1, -0.05) is 30.3 Å². The molecule has 2 aliphatic rings. The van der Waals surface area contributed by atoms with Crippen LogP contribution in [0.3, 0.4) is 0 Å². The molecule has 2 saturated heterocycles. The molecule has 9 heteroatoms. The molecular weight excluding hydrogens is 436 g/mol. The Morgan fingerprint density at radius 3 is 2.29 bits per heavy atom. The van der Waals surface area contributed by atoms with E-state index in [1.807, 2.05) is 18.2 Å². The van der Waals surface area contributed by atoms with Gasteiger partial charge in [0.25, 0.3) is 5.91 Å². The quantitative estimate of drug-likeness (QED) is 0.654. The van der Waals surface area contributed by atoms with Crippen LogP contribution >= 0.6 is 0 Å². The molecule has 0 bridgehead atoms. The summed E-state index contributed by atoms with van der Waals surface area (Å²) in [7, 11) is 0. The van der Waals surface area contributed by atoms with E-state index in [9.17, 15) is 19.2 Å². The van der Waals surface area contributed by atoms with E-state index < -0.39 is 12.1 Å². The minimum atomic E-state index is -0.907. The van der Waals surface area contributed by atoms with Gasteiger partial charge in [-0.15, -0.1) is 0 Å². The summed E-state index contributed by atoms with van der Waals surface area (Å²) in [5.41, 5.74) is 4.45. The first-order chi connectivity index (χ1) is 16.4. The summed E-state index contributed by atoms with van der Waals surface area (Å²) in [6.07, 6.45) is -0.612. The first-order valence-electron chi connectivity index (χ1n) is 11.4. The third kappa shape index (κ3) is 5.60. The molecule has 2 aliphatic heterocycles. The van der Waals surface area contributed by atoms with Crippen LogP contribution in [0.5, 0.6) is 0 Å². The fraction of sp³-hybridized carbons (Fsp3) is 0.360. The Hall–Kier alpha value is -3.72. The van der Waals surface area contributed by atoms with Gasteiger partial charge in [-0.2, -0.15) is 0 Å². The minimum absolute atomic E-state index is 0.135. The monoisotopic (exact) mass is 464 g/mol. The van der Waals surface area contributed by atoms with Gasteiger partial charge in [-0.25, -0.2) is 9.80 Å². The van der Waals surface area contributed by atoms with Crippen molar-refractivity contribution in [3.05, 3.63) is 65.7 Å². The van der Waals surface area contributed by atoms with Crippen LogP contribution in [-0.4, -0.2) is 65.8 Å². The molecule has 1 N–H and O–H groups in total. The molecule has 0 saturated carbocycles. The molecule has 2 aromatic carbocycles. The predicted octanol–water partition coefficient (Wildman–Crippen LogP) is 1.73. The van der Waals surface area contributed by atoms with Gasteiger partial charge in [-0.3, -0.25) is 24.7 Å². The van der Waals surface area contributed by atoms with Crippen molar-refractivity contribution in [3.63, 3.8) is 0 Å². The molecule has 2 heterocycles. The number of carbonyl (C=O) groups is 4. The number of benzene rings is 2. The predicted molar refractivity (Wildman–Crippen MR) is 124 cm³/mol. The van der Waals surface area contributed by atoms with E-state index in [-0.39, 0.29) is 36.1 Å². The number of anilines is 1. The van der Waals surface area contributed by atoms with Crippen molar-refractivity contribution in [2.45, 2.75) is 32.4 Å². The number of nitrogens with one attached hydrogen (secondary N) is 1. The van der Waals surface area contributed by atoms with Gasteiger partial charge in [0.15, 0.2) is 6.10 Å². The number of nitrogens with zero attached hydrogens (tertiary/aromatic N) is 3. The lowest BCUT2D eigenvalue weighted by molar-refractivity contribution is -0.141. The maximum Gasteiger partial charge on any atom is 0.338 e. The number of hydrazine groups is 1. The van der Waals surface area contributed by atoms with Crippen molar-refractivity contribution in [2.75, 3.05) is 31.2 Å². The number of esters is 1. The number of rotatable bonds is 6. The smallest absolute Gasteiger partial charge is 0.338 e. The van der Waals surface area contributed by atoms with Crippen LogP contribution in [-0.2, 0) is 25.7 Å². The van der Waals surface area contributed by atoms with Gasteiger partial charge < -0.3 is 9.64 Å². The van der Waals surface area contributed by atoms with Crippen LogP contribution < -0.4 is 10.4 Å². The van der Waals surface area contributed by atoms with E-state index in [1.54, 1.807) is 24.0 Å². The van der Waals surface area contributed by atoms with E-state index >= 15 is 0 Å². The molecule has 4 rings (SSSR count). The summed E-state index contributed by atoms with van der Waals surface area (Å²) in [6, 6.07) is 16.3. The molecule has 2 fully saturated rings. The fourth-order valence-corrected chi connectivity index (χ4v) is 4.03. The van der Waals surface area contributed by atoms with Gasteiger partial charge in [0, 0.05) is 45.6 Å². The Morgan fingerprint density at radius 1 is 0.941 bits per heavy atom. The number of hydrogen-bond donors (Lipinski definition) is 1. The molecule has 0 spiro atoms. The van der Waals surface area contributed by atoms with Crippen LogP contribution in [0.1, 0.15) is 35.7 Å². The molecule has 1 atom stereocenters. The summed E-state index contributed by atoms with van der Waals surface area (Å²) in [5.74, 6) is -1.30. The second kappa shape index (κ2) is 10.5. The number of piperazine rings is 1. The zero-order valence-electron chi connectivity index (χ0n) is 19.1. The highest BCUT2D eigenvalue weighted by Crippen LogP contribution is 2.19. The van der Waals surface area contributed by atoms with Crippen LogP contribution in [0.15, 0.2) is 54.6 Å². The first-order valence-corrected chi connectivity index (χ1v) is 11.4. The van der Waals surface area contributed by atoms with E-state index in [1.165, 1.54) is 22.7 Å². The normalized spacial score (nSPS) is 17.8. The lowest BCUT2D eigenvalue weighted by Crippen LogP contribution is -2.51. The van der Waals surface area contributed by atoms with Crippen molar-refractivity contribution in [2.24, 2.45) is 0 Å². The second-order valence-corrected chi connectivity index (χ2v) is 8.45. The van der Waals surface area contributed by atoms with Crippen molar-refractivity contribution in [1.82, 2.24) is 15.2 Å². The maximum atomic E-state index is 12.8. The SMILES string of the molecule is CC(OC(=O)c1ccc(N2NC(=O)CCC2=O)cc1)C(=O)N1CCN(Cc2ccccc2)CC1. The topological polar surface area (TPSA) is 99.3 Å². The summed E-state index contributed by atoms with van der Waals surface area (Å²) in [4.78, 5) is 53.0. The zero-order chi connectivity index (χ0) is 24.1. The molecule has 3 amide bonds. The second-order valence-electron chi connectivity index (χ2n) is 8.45. The maximum absolute atomic E-state index is 12.8. The highest BCUT2D eigenvalue weighted by Gasteiger charge is 2.28. The molecule has 0 aliphatic carbocycles. The standard InChI is InChI=1S/C25H28N4O5/c1-18(24(32)28-15-13-27(14-16-28)17-19-5-3-2-4-6-19)34-25(33)20-7-9-21(10-8-20)29-23(31)12-11-22(30)26-29/h2-10,18H,11-17H2,1H3,(H,26,30). The first kappa shape index (κ1) is 23.4. The van der Waals surface area contributed by atoms with E-state index in [2.05, 4.69) is 22.5 Å². The number of ether oxygens (including phenoxy) is 1. The highest BCUT2D eigenvalue weighted by molar-refractivity contribution is 6.01. The Balaban J connectivity index is 1.27. The molecule has 0 radical (unpaired) electrons. The highest BCUT2D eigenvalue weighted by atomic mass is 16.5. The van der Waals surface area contributed by atoms with Gasteiger partial charge in [0.2, 0.25) is 11.8 Å². The summed E-state index contributed by atoms with van der Waals surface area (Å²) >= 11 is 0. The lowest BCUT2D eigenvalue weighted by Gasteiger charge is -2.35. The molecule has 1 unspecified atom stereocenters. The third-order valence-corrected chi connectivity index (χ3v) is 5.98. The van der Waals surface area contributed by atoms with E-state index in [4.69, 9.17) is 4.74 Å². The molecule has 0 aromatic heterocycles. The molecule has 9 nitrogen and oxygen atoms in total. The van der Waals surface area contributed by atoms with Crippen molar-refractivity contribution in [1.29, 1.82) is 0 Å². The van der Waals surface area contributed by atoms with Crippen LogP contribution in [0.25, 0.3) is 0 Å². The van der Waals surface area contributed by atoms with Gasteiger partial charge >= 0.3 is 5.97 Å².